The van der Waals surface area contributed by atoms with Crippen LogP contribution in [0.4, 0.5) is 0 Å². The van der Waals surface area contributed by atoms with Crippen LogP contribution in [0.3, 0.4) is 0 Å². The van der Waals surface area contributed by atoms with Crippen molar-refractivity contribution in [2.75, 3.05) is 26.2 Å². The molecule has 1 aromatic carbocycles. The molecule has 0 N–H and O–H groups in total. The maximum atomic E-state index is 11.3. The highest BCUT2D eigenvalue weighted by Gasteiger charge is 2.18. The largest absolute Gasteiger partial charge is 0.491 e. The molecule has 0 amide bonds. The van der Waals surface area contributed by atoms with Crippen molar-refractivity contribution in [1.29, 1.82) is 0 Å². The third-order valence-electron chi connectivity index (χ3n) is 3.11. The van der Waals surface area contributed by atoms with E-state index in [9.17, 15) is 8.42 Å². The van der Waals surface area contributed by atoms with Crippen LogP contribution in [0.5, 0.6) is 5.75 Å². The number of hydrogen-bond acceptors (Lipinski definition) is 4. The van der Waals surface area contributed by atoms with Gasteiger partial charge in [0.25, 0.3) is 9.05 Å². The lowest BCUT2D eigenvalue weighted by molar-refractivity contribution is 0.238. The summed E-state index contributed by atoms with van der Waals surface area (Å²) in [5, 5.41) is 0.176. The third-order valence-corrected chi connectivity index (χ3v) is 5.19. The Balaban J connectivity index is 2.03. The molecule has 1 heterocycles. The Labute approximate surface area is 133 Å². The molecule has 0 bridgehead atoms. The Kier molecular flexibility index (Phi) is 5.42. The zero-order chi connectivity index (χ0) is 14.8. The second kappa shape index (κ2) is 6.71. The molecular weight excluding hydrogens is 345 g/mol. The first kappa shape index (κ1) is 16.2. The molecule has 8 heteroatoms. The Morgan fingerprint density at radius 2 is 1.80 bits per heavy atom. The van der Waals surface area contributed by atoms with Crippen molar-refractivity contribution in [3.63, 3.8) is 0 Å². The Morgan fingerprint density at radius 1 is 1.15 bits per heavy atom. The van der Waals surface area contributed by atoms with Gasteiger partial charge < -0.3 is 4.74 Å². The van der Waals surface area contributed by atoms with Gasteiger partial charge >= 0.3 is 0 Å². The van der Waals surface area contributed by atoms with Crippen molar-refractivity contribution in [3.05, 3.63) is 22.2 Å². The molecule has 0 aromatic heterocycles. The fraction of sp³-hybridized carbons (Fsp3) is 0.500. The van der Waals surface area contributed by atoms with E-state index in [1.807, 2.05) is 0 Å². The summed E-state index contributed by atoms with van der Waals surface area (Å²) in [6, 6.07) is 2.58. The molecule has 1 fully saturated rings. The van der Waals surface area contributed by atoms with Gasteiger partial charge in [-0.2, -0.15) is 0 Å². The van der Waals surface area contributed by atoms with E-state index in [0.29, 0.717) is 12.4 Å². The van der Waals surface area contributed by atoms with Gasteiger partial charge in [-0.25, -0.2) is 8.42 Å². The molecule has 0 radical (unpaired) electrons. The highest BCUT2D eigenvalue weighted by Crippen LogP contribution is 2.34. The molecule has 0 atom stereocenters. The average molecular weight is 359 g/mol. The van der Waals surface area contributed by atoms with E-state index in [1.165, 1.54) is 25.0 Å². The molecule has 1 saturated heterocycles. The summed E-state index contributed by atoms with van der Waals surface area (Å²) in [7, 11) is 1.35. The van der Waals surface area contributed by atoms with Gasteiger partial charge in [0.15, 0.2) is 0 Å². The van der Waals surface area contributed by atoms with Gasteiger partial charge in [0.1, 0.15) is 17.3 Å². The summed E-state index contributed by atoms with van der Waals surface area (Å²) in [6.45, 7) is 3.45. The van der Waals surface area contributed by atoms with Crippen LogP contribution in [0.2, 0.25) is 10.0 Å². The lowest BCUT2D eigenvalue weighted by atomic mass is 10.3. The van der Waals surface area contributed by atoms with Gasteiger partial charge in [-0.15, -0.1) is 0 Å². The van der Waals surface area contributed by atoms with Crippen molar-refractivity contribution < 1.29 is 13.2 Å². The molecule has 2 rings (SSSR count). The summed E-state index contributed by atoms with van der Waals surface area (Å²) in [5.74, 6) is 0.361. The fourth-order valence-corrected chi connectivity index (χ4v) is 3.89. The lowest BCUT2D eigenvalue weighted by Gasteiger charge is -2.16. The summed E-state index contributed by atoms with van der Waals surface area (Å²) in [5.41, 5.74) is 0. The van der Waals surface area contributed by atoms with Crippen LogP contribution in [0.1, 0.15) is 12.8 Å². The Bertz CT molecular complexity index is 586. The molecule has 1 aliphatic heterocycles. The highest BCUT2D eigenvalue weighted by molar-refractivity contribution is 8.13. The van der Waals surface area contributed by atoms with Crippen LogP contribution in [0, 0.1) is 0 Å². The maximum absolute atomic E-state index is 11.3. The maximum Gasteiger partial charge on any atom is 0.262 e. The van der Waals surface area contributed by atoms with Gasteiger partial charge in [0.2, 0.25) is 0 Å². The summed E-state index contributed by atoms with van der Waals surface area (Å²) >= 11 is 11.9. The smallest absolute Gasteiger partial charge is 0.262 e. The van der Waals surface area contributed by atoms with Gasteiger partial charge in [0, 0.05) is 23.3 Å². The van der Waals surface area contributed by atoms with E-state index in [4.69, 9.17) is 38.6 Å². The van der Waals surface area contributed by atoms with Gasteiger partial charge in [0.05, 0.1) is 10.0 Å². The van der Waals surface area contributed by atoms with Crippen LogP contribution in [-0.2, 0) is 9.05 Å². The molecular formula is C12H14Cl3NO3S. The number of rotatable bonds is 5. The minimum absolute atomic E-state index is 0.000530. The quantitative estimate of drug-likeness (QED) is 0.757. The minimum atomic E-state index is -3.91. The van der Waals surface area contributed by atoms with E-state index < -0.39 is 9.05 Å². The van der Waals surface area contributed by atoms with Crippen molar-refractivity contribution in [3.8, 4) is 5.75 Å². The van der Waals surface area contributed by atoms with Crippen LogP contribution < -0.4 is 4.74 Å². The summed E-state index contributed by atoms with van der Waals surface area (Å²) < 4.78 is 28.1. The number of benzene rings is 1. The Morgan fingerprint density at radius 3 is 2.40 bits per heavy atom. The van der Waals surface area contributed by atoms with Crippen LogP contribution in [0.15, 0.2) is 17.0 Å². The van der Waals surface area contributed by atoms with E-state index in [0.717, 1.165) is 19.6 Å². The van der Waals surface area contributed by atoms with Crippen molar-refractivity contribution in [2.24, 2.45) is 0 Å². The molecule has 0 unspecified atom stereocenters. The highest BCUT2D eigenvalue weighted by atomic mass is 35.7. The van der Waals surface area contributed by atoms with Crippen LogP contribution >= 0.6 is 33.9 Å². The average Bonchev–Trinajstić information content (AvgIpc) is 2.84. The fourth-order valence-electron chi connectivity index (χ4n) is 2.10. The predicted molar refractivity (Wildman–Crippen MR) is 80.7 cm³/mol. The predicted octanol–water partition coefficient (Wildman–Crippen LogP) is 3.40. The lowest BCUT2D eigenvalue weighted by Crippen LogP contribution is -2.25. The first-order valence-corrected chi connectivity index (χ1v) is 9.23. The van der Waals surface area contributed by atoms with Crippen LogP contribution in [0.25, 0.3) is 0 Å². The van der Waals surface area contributed by atoms with Crippen molar-refractivity contribution >= 4 is 42.9 Å². The van der Waals surface area contributed by atoms with Crippen LogP contribution in [-0.4, -0.2) is 39.6 Å². The van der Waals surface area contributed by atoms with E-state index in [1.54, 1.807) is 0 Å². The molecule has 112 valence electrons. The number of likely N-dealkylation sites (tertiary alicyclic amines) is 1. The zero-order valence-electron chi connectivity index (χ0n) is 10.6. The van der Waals surface area contributed by atoms with Gasteiger partial charge in [-0.05, 0) is 32.0 Å². The normalized spacial score (nSPS) is 16.6. The van der Waals surface area contributed by atoms with Gasteiger partial charge in [-0.3, -0.25) is 4.90 Å². The van der Waals surface area contributed by atoms with E-state index >= 15 is 0 Å². The second-order valence-electron chi connectivity index (χ2n) is 4.55. The van der Waals surface area contributed by atoms with Crippen molar-refractivity contribution in [2.45, 2.75) is 17.7 Å². The summed E-state index contributed by atoms with van der Waals surface area (Å²) in [4.78, 5) is 2.09. The van der Waals surface area contributed by atoms with E-state index in [2.05, 4.69) is 4.90 Å². The molecule has 0 spiro atoms. The molecule has 4 nitrogen and oxygen atoms in total. The molecule has 0 saturated carbocycles. The SMILES string of the molecule is O=S(=O)(Cl)c1cc(Cl)c(OCCN2CCCC2)cc1Cl. The monoisotopic (exact) mass is 357 g/mol. The van der Waals surface area contributed by atoms with Gasteiger partial charge in [-0.1, -0.05) is 23.2 Å². The molecule has 1 aliphatic rings. The molecule has 1 aromatic rings. The zero-order valence-corrected chi connectivity index (χ0v) is 13.7. The number of hydrogen-bond donors (Lipinski definition) is 0. The number of nitrogens with zero attached hydrogens (tertiary/aromatic N) is 1. The molecule has 0 aliphatic carbocycles. The Hall–Kier alpha value is -0.200. The van der Waals surface area contributed by atoms with Crippen molar-refractivity contribution in [1.82, 2.24) is 4.90 Å². The number of halogens is 3. The first-order chi connectivity index (χ1) is 9.38. The minimum Gasteiger partial charge on any atom is -0.491 e. The topological polar surface area (TPSA) is 46.6 Å². The molecule has 20 heavy (non-hydrogen) atoms. The standard InChI is InChI=1S/C12H14Cl3NO3S/c13-9-8-12(20(15,17)18)10(14)7-11(9)19-6-5-16-3-1-2-4-16/h7-8H,1-6H2. The number of ether oxygens (including phenoxy) is 1. The summed E-state index contributed by atoms with van der Waals surface area (Å²) in [6.07, 6.45) is 2.43. The third kappa shape index (κ3) is 4.15. The second-order valence-corrected chi connectivity index (χ2v) is 7.90. The van der Waals surface area contributed by atoms with E-state index in [-0.39, 0.29) is 14.9 Å². The first-order valence-electron chi connectivity index (χ1n) is 6.17.